The van der Waals surface area contributed by atoms with Gasteiger partial charge in [0, 0.05) is 12.0 Å². The average molecular weight is 378 g/mol. The summed E-state index contributed by atoms with van der Waals surface area (Å²) >= 11 is 0. The quantitative estimate of drug-likeness (QED) is 0.507. The molecule has 9 nitrogen and oxygen atoms in total. The van der Waals surface area contributed by atoms with Crippen molar-refractivity contribution in [1.82, 2.24) is 0 Å². The summed E-state index contributed by atoms with van der Waals surface area (Å²) in [6, 6.07) is 2.34. The van der Waals surface area contributed by atoms with Crippen molar-refractivity contribution in [3.63, 3.8) is 0 Å². The first-order valence-corrected chi connectivity index (χ1v) is 7.73. The predicted octanol–water partition coefficient (Wildman–Crippen LogP) is 2.18. The van der Waals surface area contributed by atoms with Gasteiger partial charge in [-0.2, -0.15) is 0 Å². The number of ether oxygens (including phenoxy) is 4. The van der Waals surface area contributed by atoms with Gasteiger partial charge in [0.1, 0.15) is 5.76 Å². The summed E-state index contributed by atoms with van der Waals surface area (Å²) in [6.45, 7) is 0. The SMILES string of the molecule is COC1=C(c2cc(O)c(O)c(O)c2)Oc2c(c(O)c(OC)c(O)c2OC)C1. The Kier molecular flexibility index (Phi) is 4.44. The number of phenolic OH excluding ortho intramolecular Hbond substituents is 5. The molecule has 2 aromatic rings. The first kappa shape index (κ1) is 18.2. The number of hydrogen-bond acceptors (Lipinski definition) is 9. The lowest BCUT2D eigenvalue weighted by atomic mass is 10.00. The number of aromatic hydroxyl groups is 5. The third-order valence-electron chi connectivity index (χ3n) is 4.19. The first-order valence-electron chi connectivity index (χ1n) is 7.73. The summed E-state index contributed by atoms with van der Waals surface area (Å²) < 4.78 is 21.4. The minimum Gasteiger partial charge on any atom is -0.504 e. The van der Waals surface area contributed by atoms with Gasteiger partial charge in [0.15, 0.2) is 34.5 Å². The summed E-state index contributed by atoms with van der Waals surface area (Å²) in [4.78, 5) is 0. The molecule has 0 saturated carbocycles. The van der Waals surface area contributed by atoms with Crippen LogP contribution in [0.25, 0.3) is 5.76 Å². The molecule has 27 heavy (non-hydrogen) atoms. The second-order valence-corrected chi connectivity index (χ2v) is 5.67. The van der Waals surface area contributed by atoms with Crippen LogP contribution in [0.3, 0.4) is 0 Å². The zero-order valence-electron chi connectivity index (χ0n) is 14.7. The summed E-state index contributed by atoms with van der Waals surface area (Å²) in [5.74, 6) is -2.45. The molecule has 3 rings (SSSR count). The van der Waals surface area contributed by atoms with E-state index >= 15 is 0 Å². The summed E-state index contributed by atoms with van der Waals surface area (Å²) in [7, 11) is 3.98. The van der Waals surface area contributed by atoms with Crippen molar-refractivity contribution >= 4 is 5.76 Å². The fourth-order valence-electron chi connectivity index (χ4n) is 2.88. The highest BCUT2D eigenvalue weighted by Crippen LogP contribution is 2.55. The molecule has 0 radical (unpaired) electrons. The van der Waals surface area contributed by atoms with E-state index in [1.807, 2.05) is 0 Å². The fourth-order valence-corrected chi connectivity index (χ4v) is 2.88. The van der Waals surface area contributed by atoms with Crippen LogP contribution in [-0.2, 0) is 11.2 Å². The molecule has 0 unspecified atom stereocenters. The van der Waals surface area contributed by atoms with Gasteiger partial charge in [0.2, 0.25) is 17.2 Å². The van der Waals surface area contributed by atoms with Gasteiger partial charge in [0.25, 0.3) is 0 Å². The molecule has 2 aromatic carbocycles. The number of fused-ring (bicyclic) bond motifs is 1. The average Bonchev–Trinajstić information content (AvgIpc) is 2.65. The van der Waals surface area contributed by atoms with Gasteiger partial charge in [-0.15, -0.1) is 0 Å². The number of phenols is 5. The number of allylic oxidation sites excluding steroid dienone is 1. The third kappa shape index (κ3) is 2.73. The van der Waals surface area contributed by atoms with Crippen LogP contribution in [0, 0.1) is 0 Å². The van der Waals surface area contributed by atoms with Crippen molar-refractivity contribution in [2.45, 2.75) is 6.42 Å². The summed E-state index contributed by atoms with van der Waals surface area (Å²) in [5.41, 5.74) is 0.455. The number of hydrogen-bond donors (Lipinski definition) is 5. The van der Waals surface area contributed by atoms with Crippen molar-refractivity contribution < 1.29 is 44.5 Å². The molecule has 9 heteroatoms. The van der Waals surface area contributed by atoms with Crippen LogP contribution in [0.15, 0.2) is 17.9 Å². The van der Waals surface area contributed by atoms with E-state index in [4.69, 9.17) is 18.9 Å². The van der Waals surface area contributed by atoms with Crippen LogP contribution in [0.2, 0.25) is 0 Å². The molecule has 1 aliphatic rings. The van der Waals surface area contributed by atoms with Crippen molar-refractivity contribution in [2.24, 2.45) is 0 Å². The Morgan fingerprint density at radius 3 is 1.89 bits per heavy atom. The molecular formula is C18H18O9. The molecule has 0 amide bonds. The molecule has 0 bridgehead atoms. The lowest BCUT2D eigenvalue weighted by Gasteiger charge is -2.26. The lowest BCUT2D eigenvalue weighted by molar-refractivity contribution is 0.257. The Morgan fingerprint density at radius 2 is 1.37 bits per heavy atom. The summed E-state index contributed by atoms with van der Waals surface area (Å²) in [6.07, 6.45) is 0.0440. The maximum atomic E-state index is 10.4. The number of methoxy groups -OCH3 is 3. The monoisotopic (exact) mass is 378 g/mol. The second kappa shape index (κ2) is 6.60. The largest absolute Gasteiger partial charge is 0.504 e. The first-order chi connectivity index (χ1) is 12.8. The van der Waals surface area contributed by atoms with E-state index in [0.29, 0.717) is 0 Å². The Hall–Kier alpha value is -3.62. The van der Waals surface area contributed by atoms with Crippen LogP contribution in [0.1, 0.15) is 11.1 Å². The molecule has 5 N–H and O–H groups in total. The molecule has 144 valence electrons. The normalized spacial score (nSPS) is 13.0. The van der Waals surface area contributed by atoms with Crippen molar-refractivity contribution in [1.29, 1.82) is 0 Å². The molecule has 0 fully saturated rings. The minimum absolute atomic E-state index is 0.0242. The molecule has 0 saturated heterocycles. The zero-order valence-corrected chi connectivity index (χ0v) is 14.7. The maximum Gasteiger partial charge on any atom is 0.208 e. The lowest BCUT2D eigenvalue weighted by Crippen LogP contribution is -2.13. The Morgan fingerprint density at radius 1 is 0.778 bits per heavy atom. The molecule has 0 aliphatic carbocycles. The smallest absolute Gasteiger partial charge is 0.208 e. The van der Waals surface area contributed by atoms with Crippen LogP contribution < -0.4 is 14.2 Å². The third-order valence-corrected chi connectivity index (χ3v) is 4.19. The van der Waals surface area contributed by atoms with E-state index in [-0.39, 0.29) is 52.1 Å². The predicted molar refractivity (Wildman–Crippen MR) is 92.6 cm³/mol. The van der Waals surface area contributed by atoms with E-state index < -0.39 is 23.0 Å². The van der Waals surface area contributed by atoms with Gasteiger partial charge in [0.05, 0.1) is 26.9 Å². The van der Waals surface area contributed by atoms with Crippen LogP contribution in [0.5, 0.6) is 46.0 Å². The van der Waals surface area contributed by atoms with Gasteiger partial charge >= 0.3 is 0 Å². The summed E-state index contributed by atoms with van der Waals surface area (Å²) in [5, 5.41) is 49.8. The Bertz CT molecular complexity index is 924. The molecule has 0 atom stereocenters. The van der Waals surface area contributed by atoms with E-state index in [1.165, 1.54) is 33.5 Å². The van der Waals surface area contributed by atoms with E-state index in [2.05, 4.69) is 0 Å². The van der Waals surface area contributed by atoms with Crippen molar-refractivity contribution in [2.75, 3.05) is 21.3 Å². The highest BCUT2D eigenvalue weighted by molar-refractivity contribution is 5.77. The van der Waals surface area contributed by atoms with E-state index in [9.17, 15) is 25.5 Å². The molecular weight excluding hydrogens is 360 g/mol. The maximum absolute atomic E-state index is 10.4. The standard InChI is InChI=1S/C18H18O9/c1-24-11-6-8-12(21)17(25-2)14(23)18(26-3)16(8)27-15(11)7-4-9(19)13(22)10(20)5-7/h4-5,19-23H,6H2,1-3H3. The topological polar surface area (TPSA) is 138 Å². The Balaban J connectivity index is 2.22. The van der Waals surface area contributed by atoms with Gasteiger partial charge in [-0.05, 0) is 12.1 Å². The number of rotatable bonds is 4. The van der Waals surface area contributed by atoms with Crippen molar-refractivity contribution in [3.05, 3.63) is 29.0 Å². The van der Waals surface area contributed by atoms with Crippen molar-refractivity contribution in [3.8, 4) is 46.0 Å². The molecule has 1 aliphatic heterocycles. The zero-order chi connectivity index (χ0) is 19.9. The van der Waals surface area contributed by atoms with Crippen LogP contribution in [0.4, 0.5) is 0 Å². The second-order valence-electron chi connectivity index (χ2n) is 5.67. The number of benzene rings is 2. The molecule has 0 spiro atoms. The molecule has 1 heterocycles. The fraction of sp³-hybridized carbons (Fsp3) is 0.222. The van der Waals surface area contributed by atoms with E-state index in [1.54, 1.807) is 0 Å². The highest BCUT2D eigenvalue weighted by atomic mass is 16.5. The van der Waals surface area contributed by atoms with Gasteiger partial charge < -0.3 is 44.5 Å². The van der Waals surface area contributed by atoms with Gasteiger partial charge in [-0.1, -0.05) is 0 Å². The van der Waals surface area contributed by atoms with Crippen LogP contribution >= 0.6 is 0 Å². The molecule has 0 aromatic heterocycles. The van der Waals surface area contributed by atoms with Gasteiger partial charge in [-0.25, -0.2) is 0 Å². The highest BCUT2D eigenvalue weighted by Gasteiger charge is 2.33. The minimum atomic E-state index is -0.674. The van der Waals surface area contributed by atoms with E-state index in [0.717, 1.165) is 0 Å². The Labute approximate surface area is 153 Å². The van der Waals surface area contributed by atoms with Gasteiger partial charge in [-0.3, -0.25) is 0 Å². The van der Waals surface area contributed by atoms with Crippen LogP contribution in [-0.4, -0.2) is 46.9 Å².